The predicted molar refractivity (Wildman–Crippen MR) is 318 cm³/mol. The lowest BCUT2D eigenvalue weighted by Gasteiger charge is -2.25. The van der Waals surface area contributed by atoms with Crippen LogP contribution in [0.4, 0.5) is 34.1 Å². The molecule has 0 radical (unpaired) electrons. The van der Waals surface area contributed by atoms with E-state index in [-0.39, 0.29) is 33.6 Å². The van der Waals surface area contributed by atoms with Crippen molar-refractivity contribution < 1.29 is 8.83 Å². The van der Waals surface area contributed by atoms with Gasteiger partial charge in [-0.25, -0.2) is 0 Å². The molecule has 0 saturated carbocycles. The van der Waals surface area contributed by atoms with Gasteiger partial charge in [0.1, 0.15) is 46.6 Å². The minimum Gasteiger partial charge on any atom is -0.455 e. The minimum absolute atomic E-state index is 0.0726. The van der Waals surface area contributed by atoms with E-state index in [1.165, 1.54) is 0 Å². The van der Waals surface area contributed by atoms with Crippen molar-refractivity contribution in [2.45, 2.75) is 0 Å². The molecular formula is C70H38N8O2. The summed E-state index contributed by atoms with van der Waals surface area (Å²) >= 11 is 0. The van der Waals surface area contributed by atoms with Crippen LogP contribution in [0.3, 0.4) is 0 Å². The van der Waals surface area contributed by atoms with E-state index in [9.17, 15) is 21.0 Å². The van der Waals surface area contributed by atoms with E-state index in [1.807, 2.05) is 179 Å². The van der Waals surface area contributed by atoms with Crippen LogP contribution in [0.25, 0.3) is 98.9 Å². The number of anilines is 6. The molecule has 80 heavy (non-hydrogen) atoms. The summed E-state index contributed by atoms with van der Waals surface area (Å²) in [6.45, 7) is 0. The monoisotopic (exact) mass is 1020 g/mol. The molecule has 15 rings (SSSR count). The van der Waals surface area contributed by atoms with Gasteiger partial charge in [0.2, 0.25) is 0 Å². The Hall–Kier alpha value is -11.8. The number of furan rings is 2. The zero-order chi connectivity index (χ0) is 53.6. The summed E-state index contributed by atoms with van der Waals surface area (Å²) < 4.78 is 17.3. The maximum Gasteiger partial charge on any atom is 0.145 e. The van der Waals surface area contributed by atoms with Crippen LogP contribution >= 0.6 is 0 Å². The van der Waals surface area contributed by atoms with Crippen molar-refractivity contribution in [1.82, 2.24) is 9.13 Å². The smallest absolute Gasteiger partial charge is 0.145 e. The van der Waals surface area contributed by atoms with Crippen molar-refractivity contribution >= 4 is 122 Å². The van der Waals surface area contributed by atoms with Gasteiger partial charge in [-0.05, 0) is 121 Å². The summed E-state index contributed by atoms with van der Waals surface area (Å²) in [6, 6.07) is 86.0. The molecule has 0 aliphatic carbocycles. The molecule has 10 nitrogen and oxygen atoms in total. The third kappa shape index (κ3) is 6.61. The highest BCUT2D eigenvalue weighted by molar-refractivity contribution is 6.26. The molecule has 4 aromatic heterocycles. The summed E-state index contributed by atoms with van der Waals surface area (Å²) in [5.74, 6) is 0. The predicted octanol–water partition coefficient (Wildman–Crippen LogP) is 18.1. The van der Waals surface area contributed by atoms with Crippen LogP contribution in [0.1, 0.15) is 22.3 Å². The number of nitrogens with zero attached hydrogens (tertiary/aromatic N) is 8. The number of hydrogen-bond acceptors (Lipinski definition) is 8. The number of aromatic nitrogens is 2. The van der Waals surface area contributed by atoms with Crippen molar-refractivity contribution in [3.05, 3.63) is 253 Å². The van der Waals surface area contributed by atoms with E-state index in [2.05, 4.69) is 94.7 Å². The number of fused-ring (bicyclic) bond motifs is 14. The van der Waals surface area contributed by atoms with Crippen LogP contribution < -0.4 is 9.80 Å². The van der Waals surface area contributed by atoms with Gasteiger partial charge in [-0.3, -0.25) is 0 Å². The fourth-order valence-corrected chi connectivity index (χ4v) is 12.1. The molecule has 4 heterocycles. The number of benzene rings is 11. The molecular weight excluding hydrogens is 985 g/mol. The SMILES string of the molecule is N#Cc1c(C#N)c(-n2c3ccc(N(c4ccccc4)c4ccccc4)cc3c3c4oc5ccccc5c4ccc32)c(C#N)c(C#N)c1-n1c2ccc(N(c3ccccc3)c3ccccc3)cc2c2c3oc4ccccc4c3ccc21. The highest BCUT2D eigenvalue weighted by Crippen LogP contribution is 2.49. The molecule has 0 bridgehead atoms. The Bertz CT molecular complexity index is 4780. The fraction of sp³-hybridized carbons (Fsp3) is 0. The van der Waals surface area contributed by atoms with Crippen molar-refractivity contribution in [3.63, 3.8) is 0 Å². The quantitative estimate of drug-likeness (QED) is 0.147. The van der Waals surface area contributed by atoms with Gasteiger partial charge in [-0.2, -0.15) is 21.0 Å². The third-order valence-corrected chi connectivity index (χ3v) is 15.4. The maximum absolute atomic E-state index is 11.7. The number of hydrogen-bond donors (Lipinski definition) is 0. The largest absolute Gasteiger partial charge is 0.455 e. The second-order valence-corrected chi connectivity index (χ2v) is 19.6. The molecule has 11 aromatic carbocycles. The highest BCUT2D eigenvalue weighted by atomic mass is 16.3. The van der Waals surface area contributed by atoms with E-state index >= 15 is 0 Å². The molecule has 0 N–H and O–H groups in total. The lowest BCUT2D eigenvalue weighted by atomic mass is 9.93. The van der Waals surface area contributed by atoms with Crippen LogP contribution in [-0.2, 0) is 0 Å². The summed E-state index contributed by atoms with van der Waals surface area (Å²) in [7, 11) is 0. The van der Waals surface area contributed by atoms with Gasteiger partial charge < -0.3 is 27.8 Å². The van der Waals surface area contributed by atoms with Crippen LogP contribution in [0.5, 0.6) is 0 Å². The van der Waals surface area contributed by atoms with Crippen molar-refractivity contribution in [3.8, 4) is 35.7 Å². The third-order valence-electron chi connectivity index (χ3n) is 15.4. The average Bonchev–Trinajstić information content (AvgIpc) is 4.31. The van der Waals surface area contributed by atoms with Gasteiger partial charge in [0.05, 0.1) is 66.5 Å². The van der Waals surface area contributed by atoms with E-state index in [1.54, 1.807) is 0 Å². The minimum atomic E-state index is -0.0726. The summed E-state index contributed by atoms with van der Waals surface area (Å²) in [6.07, 6.45) is 0. The van der Waals surface area contributed by atoms with E-state index in [4.69, 9.17) is 8.83 Å². The molecule has 0 aliphatic rings. The molecule has 370 valence electrons. The van der Waals surface area contributed by atoms with Gasteiger partial charge in [0.15, 0.2) is 0 Å². The van der Waals surface area contributed by atoms with Gasteiger partial charge in [-0.1, -0.05) is 109 Å². The number of nitriles is 4. The van der Waals surface area contributed by atoms with E-state index in [0.717, 1.165) is 77.2 Å². The number of rotatable bonds is 8. The van der Waals surface area contributed by atoms with Gasteiger partial charge in [0, 0.05) is 66.4 Å². The maximum atomic E-state index is 11.7. The fourth-order valence-electron chi connectivity index (χ4n) is 12.1. The summed E-state index contributed by atoms with van der Waals surface area (Å²) in [4.78, 5) is 4.35. The molecule has 0 saturated heterocycles. The molecule has 0 fully saturated rings. The Labute approximate surface area is 456 Å². The first kappa shape index (κ1) is 45.6. The second-order valence-electron chi connectivity index (χ2n) is 19.6. The van der Waals surface area contributed by atoms with Crippen LogP contribution in [0, 0.1) is 45.3 Å². The van der Waals surface area contributed by atoms with Crippen LogP contribution in [0.15, 0.2) is 239 Å². The van der Waals surface area contributed by atoms with Gasteiger partial charge in [-0.15, -0.1) is 0 Å². The topological polar surface area (TPSA) is 138 Å². The summed E-state index contributed by atoms with van der Waals surface area (Å²) in [5.41, 5.74) is 10.5. The zero-order valence-electron chi connectivity index (χ0n) is 42.3. The van der Waals surface area contributed by atoms with Gasteiger partial charge >= 0.3 is 0 Å². The Morgan fingerprint density at radius 1 is 0.287 bits per heavy atom. The Kier molecular flexibility index (Phi) is 10.2. The first-order valence-electron chi connectivity index (χ1n) is 26.0. The van der Waals surface area contributed by atoms with Crippen molar-refractivity contribution in [2.75, 3.05) is 9.80 Å². The van der Waals surface area contributed by atoms with Crippen LogP contribution in [-0.4, -0.2) is 9.13 Å². The standard InChI is InChI=1S/C70H38N8O2/c71-39-55-57(41-73)68(78-60-34-30-48(76(45-21-9-3-10-22-45)46-23-11-4-12-24-46)38-54(60)66-62(78)36-32-52-50-26-14-16-28-64(50)80-70(52)66)58(42-74)56(40-72)67(55)77-59-33-29-47(75(43-17-5-1-6-18-43)44-19-7-2-8-20-44)37-53(59)65-61(77)35-31-51-49-25-13-15-27-63(49)79-69(51)65/h1-38H. The molecule has 10 heteroatoms. The Balaban J connectivity index is 1.05. The van der Waals surface area contributed by atoms with Crippen LogP contribution in [0.2, 0.25) is 0 Å². The van der Waals surface area contributed by atoms with E-state index in [0.29, 0.717) is 44.4 Å². The first-order valence-corrected chi connectivity index (χ1v) is 26.0. The zero-order valence-corrected chi connectivity index (χ0v) is 42.3. The van der Waals surface area contributed by atoms with Crippen molar-refractivity contribution in [1.29, 1.82) is 21.0 Å². The van der Waals surface area contributed by atoms with Crippen molar-refractivity contribution in [2.24, 2.45) is 0 Å². The summed E-state index contributed by atoms with van der Waals surface area (Å²) in [5, 5.41) is 53.5. The normalized spacial score (nSPS) is 11.4. The average molecular weight is 1020 g/mol. The number of para-hydroxylation sites is 6. The molecule has 0 spiro atoms. The van der Waals surface area contributed by atoms with Gasteiger partial charge in [0.25, 0.3) is 0 Å². The molecule has 0 amide bonds. The Morgan fingerprint density at radius 3 is 0.938 bits per heavy atom. The first-order chi connectivity index (χ1) is 39.6. The molecule has 0 atom stereocenters. The molecule has 0 aliphatic heterocycles. The lowest BCUT2D eigenvalue weighted by Crippen LogP contribution is -2.12. The molecule has 0 unspecified atom stereocenters. The molecule has 15 aromatic rings. The lowest BCUT2D eigenvalue weighted by molar-refractivity contribution is 0.672. The Morgan fingerprint density at radius 2 is 0.600 bits per heavy atom. The second kappa shape index (κ2) is 17.9. The highest BCUT2D eigenvalue weighted by Gasteiger charge is 2.32. The van der Waals surface area contributed by atoms with E-state index < -0.39 is 0 Å².